The van der Waals surface area contributed by atoms with E-state index in [4.69, 9.17) is 5.73 Å². The number of rotatable bonds is 3. The van der Waals surface area contributed by atoms with Gasteiger partial charge in [0.2, 0.25) is 5.91 Å². The lowest BCUT2D eigenvalue weighted by Gasteiger charge is -2.10. The molecule has 88 valence electrons. The van der Waals surface area contributed by atoms with Crippen molar-refractivity contribution in [1.82, 2.24) is 10.2 Å². The first-order chi connectivity index (χ1) is 8.16. The molecule has 2 rings (SSSR count). The van der Waals surface area contributed by atoms with Gasteiger partial charge in [0.1, 0.15) is 6.04 Å². The number of aromatic nitrogens is 2. The van der Waals surface area contributed by atoms with Crippen LogP contribution < -0.4 is 11.1 Å². The van der Waals surface area contributed by atoms with Crippen molar-refractivity contribution in [3.63, 3.8) is 0 Å². The van der Waals surface area contributed by atoms with Crippen LogP contribution in [0.4, 0.5) is 5.82 Å². The highest BCUT2D eigenvalue weighted by molar-refractivity contribution is 5.94. The first kappa shape index (κ1) is 11.3. The fourth-order valence-corrected chi connectivity index (χ4v) is 1.50. The van der Waals surface area contributed by atoms with E-state index in [1.165, 1.54) is 0 Å². The number of aromatic amines is 1. The quantitative estimate of drug-likeness (QED) is 0.744. The van der Waals surface area contributed by atoms with E-state index in [1.54, 1.807) is 6.07 Å². The molecule has 2 aromatic rings. The third-order valence-electron chi connectivity index (χ3n) is 2.40. The summed E-state index contributed by atoms with van der Waals surface area (Å²) < 4.78 is 0. The second-order valence-electron chi connectivity index (χ2n) is 3.81. The monoisotopic (exact) mass is 230 g/mol. The number of nitrogens with one attached hydrogen (secondary N) is 2. The predicted molar refractivity (Wildman–Crippen MR) is 65.3 cm³/mol. The third-order valence-corrected chi connectivity index (χ3v) is 2.40. The van der Waals surface area contributed by atoms with Crippen molar-refractivity contribution in [2.24, 2.45) is 5.73 Å². The van der Waals surface area contributed by atoms with Crippen molar-refractivity contribution < 1.29 is 4.79 Å². The van der Waals surface area contributed by atoms with Crippen LogP contribution in [0.3, 0.4) is 0 Å². The topological polar surface area (TPSA) is 83.8 Å². The summed E-state index contributed by atoms with van der Waals surface area (Å²) in [5.41, 5.74) is 7.50. The molecule has 5 heteroatoms. The van der Waals surface area contributed by atoms with E-state index in [0.717, 1.165) is 11.3 Å². The summed E-state index contributed by atoms with van der Waals surface area (Å²) in [4.78, 5) is 11.8. The van der Waals surface area contributed by atoms with Gasteiger partial charge in [-0.1, -0.05) is 30.3 Å². The van der Waals surface area contributed by atoms with Gasteiger partial charge in [-0.3, -0.25) is 9.89 Å². The minimum atomic E-state index is -0.687. The van der Waals surface area contributed by atoms with E-state index >= 15 is 0 Å². The summed E-state index contributed by atoms with van der Waals surface area (Å²) in [6, 6.07) is 10.3. The van der Waals surface area contributed by atoms with E-state index < -0.39 is 6.04 Å². The van der Waals surface area contributed by atoms with Gasteiger partial charge in [0.25, 0.3) is 0 Å². The van der Waals surface area contributed by atoms with E-state index in [1.807, 2.05) is 37.3 Å². The lowest BCUT2D eigenvalue weighted by atomic mass is 10.1. The summed E-state index contributed by atoms with van der Waals surface area (Å²) in [5, 5.41) is 9.32. The molecule has 5 nitrogen and oxygen atoms in total. The molecule has 0 aliphatic heterocycles. The smallest absolute Gasteiger partial charge is 0.247 e. The summed E-state index contributed by atoms with van der Waals surface area (Å²) >= 11 is 0. The first-order valence-electron chi connectivity index (χ1n) is 5.30. The van der Waals surface area contributed by atoms with Crippen molar-refractivity contribution in [3.05, 3.63) is 47.7 Å². The van der Waals surface area contributed by atoms with Crippen LogP contribution in [0.1, 0.15) is 17.3 Å². The fourth-order valence-electron chi connectivity index (χ4n) is 1.50. The predicted octanol–water partition coefficient (Wildman–Crippen LogP) is 1.36. The zero-order chi connectivity index (χ0) is 12.3. The number of aryl methyl sites for hydroxylation is 1. The number of hydrogen-bond acceptors (Lipinski definition) is 3. The normalized spacial score (nSPS) is 12.1. The molecule has 17 heavy (non-hydrogen) atoms. The zero-order valence-corrected chi connectivity index (χ0v) is 9.47. The van der Waals surface area contributed by atoms with Gasteiger partial charge in [-0.2, -0.15) is 5.10 Å². The van der Waals surface area contributed by atoms with Crippen LogP contribution in [0.2, 0.25) is 0 Å². The van der Waals surface area contributed by atoms with Gasteiger partial charge in [0.15, 0.2) is 5.82 Å². The summed E-state index contributed by atoms with van der Waals surface area (Å²) in [5.74, 6) is 0.210. The number of hydrogen-bond donors (Lipinski definition) is 3. The van der Waals surface area contributed by atoms with Gasteiger partial charge in [-0.05, 0) is 12.5 Å². The molecule has 0 saturated carbocycles. The Morgan fingerprint density at radius 2 is 2.12 bits per heavy atom. The van der Waals surface area contributed by atoms with Crippen LogP contribution in [-0.4, -0.2) is 16.1 Å². The average molecular weight is 230 g/mol. The summed E-state index contributed by atoms with van der Waals surface area (Å²) in [6.45, 7) is 1.86. The van der Waals surface area contributed by atoms with E-state index in [0.29, 0.717) is 5.82 Å². The summed E-state index contributed by atoms with van der Waals surface area (Å²) in [7, 11) is 0. The van der Waals surface area contributed by atoms with E-state index in [9.17, 15) is 4.79 Å². The van der Waals surface area contributed by atoms with Crippen molar-refractivity contribution in [1.29, 1.82) is 0 Å². The highest BCUT2D eigenvalue weighted by Crippen LogP contribution is 2.12. The Kier molecular flexibility index (Phi) is 3.20. The average Bonchev–Trinajstić information content (AvgIpc) is 2.75. The van der Waals surface area contributed by atoms with Crippen LogP contribution in [-0.2, 0) is 4.79 Å². The molecule has 0 unspecified atom stereocenters. The van der Waals surface area contributed by atoms with Gasteiger partial charge < -0.3 is 11.1 Å². The molecule has 1 aromatic heterocycles. The Morgan fingerprint density at radius 1 is 1.41 bits per heavy atom. The van der Waals surface area contributed by atoms with Crippen LogP contribution in [0.15, 0.2) is 36.4 Å². The van der Waals surface area contributed by atoms with Gasteiger partial charge in [0, 0.05) is 11.8 Å². The van der Waals surface area contributed by atoms with Crippen molar-refractivity contribution in [2.75, 3.05) is 5.32 Å². The number of nitrogens with two attached hydrogens (primary N) is 1. The number of nitrogens with zero attached hydrogens (tertiary/aromatic N) is 1. The van der Waals surface area contributed by atoms with Gasteiger partial charge in [-0.15, -0.1) is 0 Å². The maximum Gasteiger partial charge on any atom is 0.247 e. The van der Waals surface area contributed by atoms with E-state index in [2.05, 4.69) is 15.5 Å². The molecule has 0 aliphatic carbocycles. The minimum absolute atomic E-state index is 0.275. The minimum Gasteiger partial charge on any atom is -0.316 e. The van der Waals surface area contributed by atoms with Crippen LogP contribution in [0.5, 0.6) is 0 Å². The fraction of sp³-hybridized carbons (Fsp3) is 0.167. The Bertz CT molecular complexity index is 506. The Hall–Kier alpha value is -2.14. The molecular weight excluding hydrogens is 216 g/mol. The molecule has 1 heterocycles. The molecule has 1 atom stereocenters. The molecule has 4 N–H and O–H groups in total. The van der Waals surface area contributed by atoms with Gasteiger partial charge in [-0.25, -0.2) is 0 Å². The van der Waals surface area contributed by atoms with Gasteiger partial charge in [0.05, 0.1) is 0 Å². The first-order valence-corrected chi connectivity index (χ1v) is 5.30. The largest absolute Gasteiger partial charge is 0.316 e. The maximum atomic E-state index is 11.8. The van der Waals surface area contributed by atoms with Gasteiger partial charge >= 0.3 is 0 Å². The van der Waals surface area contributed by atoms with Crippen molar-refractivity contribution >= 4 is 11.7 Å². The van der Waals surface area contributed by atoms with Crippen molar-refractivity contribution in [3.8, 4) is 0 Å². The molecule has 0 aliphatic rings. The zero-order valence-electron chi connectivity index (χ0n) is 9.47. The lowest BCUT2D eigenvalue weighted by Crippen LogP contribution is -2.27. The Labute approximate surface area is 99.0 Å². The standard InChI is InChI=1S/C12H14N4O/c1-8-7-10(16-15-8)14-12(17)11(13)9-5-3-2-4-6-9/h2-7,11H,13H2,1H3,(H2,14,15,16,17)/t11-/m0/s1. The molecule has 1 amide bonds. The number of anilines is 1. The second-order valence-corrected chi connectivity index (χ2v) is 3.81. The number of H-pyrrole nitrogens is 1. The molecule has 0 spiro atoms. The highest BCUT2D eigenvalue weighted by Gasteiger charge is 2.16. The summed E-state index contributed by atoms with van der Waals surface area (Å²) in [6.07, 6.45) is 0. The SMILES string of the molecule is Cc1cc(NC(=O)[C@@H](N)c2ccccc2)n[nH]1. The molecule has 1 aromatic carbocycles. The molecule has 0 radical (unpaired) electrons. The number of carbonyl (C=O) groups is 1. The maximum absolute atomic E-state index is 11.8. The Morgan fingerprint density at radius 3 is 2.71 bits per heavy atom. The lowest BCUT2D eigenvalue weighted by molar-refractivity contribution is -0.117. The number of carbonyl (C=O) groups excluding carboxylic acids is 1. The molecular formula is C12H14N4O. The second kappa shape index (κ2) is 4.80. The molecule has 0 bridgehead atoms. The third kappa shape index (κ3) is 2.70. The number of benzene rings is 1. The van der Waals surface area contributed by atoms with Crippen LogP contribution in [0.25, 0.3) is 0 Å². The molecule has 0 saturated heterocycles. The number of amides is 1. The molecule has 0 fully saturated rings. The van der Waals surface area contributed by atoms with Crippen LogP contribution in [0, 0.1) is 6.92 Å². The van der Waals surface area contributed by atoms with Crippen LogP contribution >= 0.6 is 0 Å². The van der Waals surface area contributed by atoms with E-state index in [-0.39, 0.29) is 5.91 Å². The Balaban J connectivity index is 2.06. The van der Waals surface area contributed by atoms with Crippen molar-refractivity contribution in [2.45, 2.75) is 13.0 Å². The highest BCUT2D eigenvalue weighted by atomic mass is 16.2.